The standard InChI is InChI=1S/C11H17NO3/c1-4-5-6-12-8(2)9(7-10(12)13)11(14)15-3/h4-7H2,1-3H3. The van der Waals surface area contributed by atoms with Crippen LogP contribution in [0, 0.1) is 0 Å². The summed E-state index contributed by atoms with van der Waals surface area (Å²) in [7, 11) is 1.34. The molecular weight excluding hydrogens is 194 g/mol. The zero-order chi connectivity index (χ0) is 11.4. The first-order chi connectivity index (χ1) is 7.11. The van der Waals surface area contributed by atoms with Crippen LogP contribution in [0.4, 0.5) is 0 Å². The van der Waals surface area contributed by atoms with E-state index in [1.165, 1.54) is 7.11 Å². The van der Waals surface area contributed by atoms with Gasteiger partial charge in [-0.1, -0.05) is 13.3 Å². The first kappa shape index (κ1) is 11.8. The van der Waals surface area contributed by atoms with E-state index in [1.807, 2.05) is 0 Å². The van der Waals surface area contributed by atoms with Gasteiger partial charge in [-0.2, -0.15) is 0 Å². The monoisotopic (exact) mass is 211 g/mol. The third-order valence-corrected chi connectivity index (χ3v) is 2.64. The van der Waals surface area contributed by atoms with E-state index in [2.05, 4.69) is 11.7 Å². The minimum atomic E-state index is -0.389. The molecule has 4 nitrogen and oxygen atoms in total. The van der Waals surface area contributed by atoms with Crippen LogP contribution in [0.3, 0.4) is 0 Å². The maximum Gasteiger partial charge on any atom is 0.336 e. The number of carbonyl (C=O) groups is 2. The Morgan fingerprint density at radius 2 is 2.20 bits per heavy atom. The molecule has 1 aliphatic heterocycles. The van der Waals surface area contributed by atoms with Crippen molar-refractivity contribution in [3.8, 4) is 0 Å². The summed E-state index contributed by atoms with van der Waals surface area (Å²) < 4.78 is 4.63. The SMILES string of the molecule is CCCCN1C(=O)CC(C(=O)OC)=C1C. The second kappa shape index (κ2) is 4.96. The van der Waals surface area contributed by atoms with Crippen LogP contribution in [-0.4, -0.2) is 30.4 Å². The maximum absolute atomic E-state index is 11.6. The molecule has 0 fully saturated rings. The zero-order valence-electron chi connectivity index (χ0n) is 9.50. The number of ether oxygens (including phenoxy) is 1. The summed E-state index contributed by atoms with van der Waals surface area (Å²) in [5, 5.41) is 0. The van der Waals surface area contributed by atoms with Crippen LogP contribution >= 0.6 is 0 Å². The molecule has 0 saturated carbocycles. The van der Waals surface area contributed by atoms with Crippen molar-refractivity contribution in [1.82, 2.24) is 4.90 Å². The van der Waals surface area contributed by atoms with Gasteiger partial charge in [0.05, 0.1) is 19.1 Å². The molecule has 1 aliphatic rings. The van der Waals surface area contributed by atoms with Crippen molar-refractivity contribution in [2.75, 3.05) is 13.7 Å². The van der Waals surface area contributed by atoms with Gasteiger partial charge in [-0.3, -0.25) is 4.79 Å². The second-order valence-corrected chi connectivity index (χ2v) is 3.63. The van der Waals surface area contributed by atoms with Gasteiger partial charge >= 0.3 is 5.97 Å². The lowest BCUT2D eigenvalue weighted by Gasteiger charge is -2.17. The minimum Gasteiger partial charge on any atom is -0.466 e. The van der Waals surface area contributed by atoms with E-state index >= 15 is 0 Å². The van der Waals surface area contributed by atoms with Crippen molar-refractivity contribution in [3.05, 3.63) is 11.3 Å². The third-order valence-electron chi connectivity index (χ3n) is 2.64. The summed E-state index contributed by atoms with van der Waals surface area (Å²) >= 11 is 0. The number of rotatable bonds is 4. The lowest BCUT2D eigenvalue weighted by atomic mass is 10.2. The van der Waals surface area contributed by atoms with E-state index in [0.29, 0.717) is 12.1 Å². The Hall–Kier alpha value is -1.32. The fourth-order valence-electron chi connectivity index (χ4n) is 1.68. The molecule has 15 heavy (non-hydrogen) atoms. The van der Waals surface area contributed by atoms with Gasteiger partial charge in [0, 0.05) is 12.2 Å². The Labute approximate surface area is 89.9 Å². The summed E-state index contributed by atoms with van der Waals surface area (Å²) in [6.07, 6.45) is 2.17. The number of nitrogens with zero attached hydrogens (tertiary/aromatic N) is 1. The van der Waals surface area contributed by atoms with Crippen LogP contribution in [0.5, 0.6) is 0 Å². The summed E-state index contributed by atoms with van der Waals surface area (Å²) in [6, 6.07) is 0. The number of allylic oxidation sites excluding steroid dienone is 1. The number of unbranched alkanes of at least 4 members (excludes halogenated alkanes) is 1. The Morgan fingerprint density at radius 3 is 2.73 bits per heavy atom. The van der Waals surface area contributed by atoms with E-state index < -0.39 is 0 Å². The van der Waals surface area contributed by atoms with Crippen LogP contribution in [0.1, 0.15) is 33.1 Å². The molecule has 0 unspecified atom stereocenters. The quantitative estimate of drug-likeness (QED) is 0.661. The molecule has 0 spiro atoms. The van der Waals surface area contributed by atoms with Gasteiger partial charge in [0.25, 0.3) is 0 Å². The Balaban J connectivity index is 2.77. The Morgan fingerprint density at radius 1 is 1.53 bits per heavy atom. The van der Waals surface area contributed by atoms with Crippen LogP contribution in [0.25, 0.3) is 0 Å². The maximum atomic E-state index is 11.6. The average molecular weight is 211 g/mol. The van der Waals surface area contributed by atoms with Crippen LogP contribution in [-0.2, 0) is 14.3 Å². The van der Waals surface area contributed by atoms with E-state index in [-0.39, 0.29) is 18.3 Å². The fraction of sp³-hybridized carbons (Fsp3) is 0.636. The highest BCUT2D eigenvalue weighted by Crippen LogP contribution is 2.24. The number of hydrogen-bond acceptors (Lipinski definition) is 3. The Kier molecular flexibility index (Phi) is 3.88. The molecular formula is C11H17NO3. The summed E-state index contributed by atoms with van der Waals surface area (Å²) in [6.45, 7) is 4.56. The smallest absolute Gasteiger partial charge is 0.336 e. The molecule has 0 aromatic carbocycles. The summed E-state index contributed by atoms with van der Waals surface area (Å²) in [5.74, 6) is -0.388. The van der Waals surface area contributed by atoms with Gasteiger partial charge in [0.15, 0.2) is 0 Å². The van der Waals surface area contributed by atoms with Crippen molar-refractivity contribution in [2.24, 2.45) is 0 Å². The average Bonchev–Trinajstić information content (AvgIpc) is 2.51. The van der Waals surface area contributed by atoms with Gasteiger partial charge in [0.1, 0.15) is 0 Å². The lowest BCUT2D eigenvalue weighted by molar-refractivity contribution is -0.137. The molecule has 0 saturated heterocycles. The van der Waals surface area contributed by atoms with Gasteiger partial charge in [-0.05, 0) is 13.3 Å². The predicted molar refractivity (Wildman–Crippen MR) is 56.0 cm³/mol. The highest BCUT2D eigenvalue weighted by molar-refractivity contribution is 5.99. The third kappa shape index (κ3) is 2.37. The van der Waals surface area contributed by atoms with E-state index in [4.69, 9.17) is 0 Å². The topological polar surface area (TPSA) is 46.6 Å². The highest BCUT2D eigenvalue weighted by Gasteiger charge is 2.30. The summed E-state index contributed by atoms with van der Waals surface area (Å²) in [5.41, 5.74) is 1.25. The van der Waals surface area contributed by atoms with Gasteiger partial charge in [-0.15, -0.1) is 0 Å². The van der Waals surface area contributed by atoms with E-state index in [0.717, 1.165) is 18.5 Å². The van der Waals surface area contributed by atoms with Crippen molar-refractivity contribution in [2.45, 2.75) is 33.1 Å². The van der Waals surface area contributed by atoms with E-state index in [9.17, 15) is 9.59 Å². The van der Waals surface area contributed by atoms with Crippen molar-refractivity contribution in [3.63, 3.8) is 0 Å². The van der Waals surface area contributed by atoms with Gasteiger partial charge < -0.3 is 9.64 Å². The Bertz CT molecular complexity index is 307. The van der Waals surface area contributed by atoms with E-state index in [1.54, 1.807) is 11.8 Å². The lowest BCUT2D eigenvalue weighted by Crippen LogP contribution is -2.25. The largest absolute Gasteiger partial charge is 0.466 e. The number of carbonyl (C=O) groups excluding carboxylic acids is 2. The molecule has 1 heterocycles. The van der Waals surface area contributed by atoms with Gasteiger partial charge in [0.2, 0.25) is 5.91 Å². The molecule has 0 atom stereocenters. The predicted octanol–water partition coefficient (Wildman–Crippen LogP) is 1.47. The zero-order valence-corrected chi connectivity index (χ0v) is 9.50. The minimum absolute atomic E-state index is 0.00125. The molecule has 1 rings (SSSR count). The normalized spacial score (nSPS) is 16.2. The molecule has 4 heteroatoms. The molecule has 0 aliphatic carbocycles. The van der Waals surface area contributed by atoms with Crippen molar-refractivity contribution < 1.29 is 14.3 Å². The fourth-order valence-corrected chi connectivity index (χ4v) is 1.68. The molecule has 0 radical (unpaired) electrons. The van der Waals surface area contributed by atoms with Gasteiger partial charge in [-0.25, -0.2) is 4.79 Å². The number of esters is 1. The van der Waals surface area contributed by atoms with Crippen molar-refractivity contribution in [1.29, 1.82) is 0 Å². The van der Waals surface area contributed by atoms with Crippen LogP contribution in [0.2, 0.25) is 0 Å². The number of amides is 1. The molecule has 0 aromatic heterocycles. The first-order valence-corrected chi connectivity index (χ1v) is 5.20. The van der Waals surface area contributed by atoms with Crippen LogP contribution in [0.15, 0.2) is 11.3 Å². The second-order valence-electron chi connectivity index (χ2n) is 3.63. The molecule has 84 valence electrons. The van der Waals surface area contributed by atoms with Crippen LogP contribution < -0.4 is 0 Å². The summed E-state index contributed by atoms with van der Waals surface area (Å²) in [4.78, 5) is 24.6. The molecule has 0 bridgehead atoms. The highest BCUT2D eigenvalue weighted by atomic mass is 16.5. The first-order valence-electron chi connectivity index (χ1n) is 5.20. The number of methoxy groups -OCH3 is 1. The molecule has 0 aromatic rings. The molecule has 0 N–H and O–H groups in total. The van der Waals surface area contributed by atoms with Crippen molar-refractivity contribution >= 4 is 11.9 Å². The number of hydrogen-bond donors (Lipinski definition) is 0. The molecule has 1 amide bonds.